The van der Waals surface area contributed by atoms with Crippen molar-refractivity contribution < 1.29 is 19.4 Å². The van der Waals surface area contributed by atoms with Gasteiger partial charge in [0.15, 0.2) is 17.1 Å². The van der Waals surface area contributed by atoms with E-state index in [2.05, 4.69) is 4.98 Å². The van der Waals surface area contributed by atoms with Crippen LogP contribution < -0.4 is 4.74 Å². The number of carbonyl (C=O) groups is 1. The minimum Gasteiger partial charge on any atom is -0.505 e. The first kappa shape index (κ1) is 17.3. The van der Waals surface area contributed by atoms with E-state index in [-0.39, 0.29) is 23.7 Å². The number of rotatable bonds is 5. The number of fused-ring (bicyclic) bond motifs is 1. The van der Waals surface area contributed by atoms with E-state index < -0.39 is 5.97 Å². The van der Waals surface area contributed by atoms with E-state index in [1.807, 2.05) is 30.3 Å². The molecule has 0 saturated carbocycles. The fraction of sp³-hybridized carbons (Fsp3) is 0.211. The maximum atomic E-state index is 12.0. The third-order valence-electron chi connectivity index (χ3n) is 3.95. The molecule has 0 amide bonds. The Morgan fingerprint density at radius 3 is 2.88 bits per heavy atom. The van der Waals surface area contributed by atoms with Crippen LogP contribution >= 0.6 is 0 Å². The number of pyridine rings is 1. The molecule has 0 aliphatic carbocycles. The van der Waals surface area contributed by atoms with Crippen LogP contribution in [-0.2, 0) is 11.3 Å². The van der Waals surface area contributed by atoms with Crippen LogP contribution in [0.5, 0.6) is 11.5 Å². The van der Waals surface area contributed by atoms with Gasteiger partial charge in [-0.25, -0.2) is 9.78 Å². The van der Waals surface area contributed by atoms with E-state index in [9.17, 15) is 15.2 Å². The Morgan fingerprint density at radius 1 is 1.38 bits per heavy atom. The van der Waals surface area contributed by atoms with Crippen LogP contribution in [0.15, 0.2) is 36.5 Å². The quantitative estimate of drug-likeness (QED) is 0.710. The van der Waals surface area contributed by atoms with Crippen LogP contribution in [0.4, 0.5) is 0 Å². The number of benzene rings is 1. The molecule has 0 atom stereocenters. The number of esters is 1. The maximum absolute atomic E-state index is 12.0. The Balaban J connectivity index is 2.10. The van der Waals surface area contributed by atoms with Gasteiger partial charge in [-0.05, 0) is 30.7 Å². The van der Waals surface area contributed by atoms with Gasteiger partial charge >= 0.3 is 5.97 Å². The lowest BCUT2D eigenvalue weighted by Crippen LogP contribution is -2.09. The van der Waals surface area contributed by atoms with E-state index in [1.165, 1.54) is 0 Å². The summed E-state index contributed by atoms with van der Waals surface area (Å²) in [6.45, 7) is 2.26. The number of aromatic nitrogens is 2. The zero-order chi connectivity index (χ0) is 18.7. The van der Waals surface area contributed by atoms with Gasteiger partial charge in [-0.2, -0.15) is 5.26 Å². The van der Waals surface area contributed by atoms with Crippen molar-refractivity contribution in [2.75, 3.05) is 13.7 Å². The summed E-state index contributed by atoms with van der Waals surface area (Å²) >= 11 is 0. The van der Waals surface area contributed by atoms with Crippen molar-refractivity contribution in [2.24, 2.45) is 0 Å². The third-order valence-corrected chi connectivity index (χ3v) is 3.95. The fourth-order valence-corrected chi connectivity index (χ4v) is 2.79. The molecule has 3 rings (SSSR count). The minimum atomic E-state index is -0.760. The lowest BCUT2D eigenvalue weighted by atomic mass is 10.2. The van der Waals surface area contributed by atoms with Crippen LogP contribution in [0.25, 0.3) is 10.9 Å². The second-order valence-electron chi connectivity index (χ2n) is 5.55. The van der Waals surface area contributed by atoms with Crippen molar-refractivity contribution in [1.29, 1.82) is 5.26 Å². The van der Waals surface area contributed by atoms with Crippen molar-refractivity contribution in [1.82, 2.24) is 9.55 Å². The first-order valence-corrected chi connectivity index (χ1v) is 8.01. The Bertz CT molecular complexity index is 1020. The number of methoxy groups -OCH3 is 1. The van der Waals surface area contributed by atoms with E-state index in [0.29, 0.717) is 17.4 Å². The zero-order valence-corrected chi connectivity index (χ0v) is 14.4. The molecule has 0 bridgehead atoms. The van der Waals surface area contributed by atoms with Crippen LogP contribution in [0.1, 0.15) is 28.7 Å². The lowest BCUT2D eigenvalue weighted by molar-refractivity contribution is 0.0516. The summed E-state index contributed by atoms with van der Waals surface area (Å²) in [5, 5.41) is 20.3. The van der Waals surface area contributed by atoms with Crippen molar-refractivity contribution in [3.63, 3.8) is 0 Å². The summed E-state index contributed by atoms with van der Waals surface area (Å²) in [6.07, 6.45) is 1.74. The van der Waals surface area contributed by atoms with Crippen molar-refractivity contribution >= 4 is 16.9 Å². The molecule has 1 aromatic carbocycles. The standard InChI is InChI=1S/C19H17N3O4/c1-3-26-19(24)16-18(23)14-7-8-22(17(14)15(10-20)21-16)11-12-5-4-6-13(9-12)25-2/h4-9,23H,3,11H2,1-2H3. The van der Waals surface area contributed by atoms with Gasteiger partial charge in [0.1, 0.15) is 11.8 Å². The molecule has 0 aliphatic heterocycles. The van der Waals surface area contributed by atoms with E-state index in [4.69, 9.17) is 9.47 Å². The van der Waals surface area contributed by atoms with Gasteiger partial charge in [0.25, 0.3) is 0 Å². The van der Waals surface area contributed by atoms with E-state index in [1.54, 1.807) is 30.9 Å². The molecular weight excluding hydrogens is 334 g/mol. The second-order valence-corrected chi connectivity index (χ2v) is 5.55. The largest absolute Gasteiger partial charge is 0.505 e. The van der Waals surface area contributed by atoms with Crippen LogP contribution in [-0.4, -0.2) is 34.3 Å². The number of nitrogens with zero attached hydrogens (tertiary/aromatic N) is 3. The molecule has 0 aliphatic rings. The summed E-state index contributed by atoms with van der Waals surface area (Å²) < 4.78 is 11.9. The molecule has 1 N–H and O–H groups in total. The normalized spacial score (nSPS) is 10.5. The highest BCUT2D eigenvalue weighted by atomic mass is 16.5. The van der Waals surface area contributed by atoms with Crippen molar-refractivity contribution in [3.8, 4) is 17.6 Å². The average Bonchev–Trinajstić information content (AvgIpc) is 3.07. The highest BCUT2D eigenvalue weighted by Crippen LogP contribution is 2.31. The lowest BCUT2D eigenvalue weighted by Gasteiger charge is -2.10. The molecule has 0 unspecified atom stereocenters. The first-order chi connectivity index (χ1) is 12.6. The minimum absolute atomic E-state index is 0.0498. The van der Waals surface area contributed by atoms with Gasteiger partial charge in [-0.15, -0.1) is 0 Å². The molecule has 2 heterocycles. The summed E-state index contributed by atoms with van der Waals surface area (Å²) in [5.74, 6) is -0.323. The highest BCUT2D eigenvalue weighted by molar-refractivity contribution is 6.00. The molecule has 2 aromatic heterocycles. The third kappa shape index (κ3) is 3.05. The molecule has 26 heavy (non-hydrogen) atoms. The smallest absolute Gasteiger partial charge is 0.360 e. The predicted octanol–water partition coefficient (Wildman–Crippen LogP) is 2.85. The number of hydrogen-bond acceptors (Lipinski definition) is 6. The molecule has 0 fully saturated rings. The molecule has 3 aromatic rings. The van der Waals surface area contributed by atoms with Gasteiger partial charge in [0, 0.05) is 18.1 Å². The SMILES string of the molecule is CCOC(=O)c1nc(C#N)c2c(ccn2Cc2cccc(OC)c2)c1O. The Labute approximate surface area is 150 Å². The summed E-state index contributed by atoms with van der Waals surface area (Å²) in [7, 11) is 1.59. The van der Waals surface area contributed by atoms with Crippen LogP contribution in [0, 0.1) is 11.3 Å². The number of ether oxygens (including phenoxy) is 2. The van der Waals surface area contributed by atoms with Crippen molar-refractivity contribution in [2.45, 2.75) is 13.5 Å². The topological polar surface area (TPSA) is 97.4 Å². The monoisotopic (exact) mass is 351 g/mol. The predicted molar refractivity (Wildman–Crippen MR) is 94.2 cm³/mol. The highest BCUT2D eigenvalue weighted by Gasteiger charge is 2.22. The number of hydrogen-bond donors (Lipinski definition) is 1. The van der Waals surface area contributed by atoms with Gasteiger partial charge in [-0.3, -0.25) is 0 Å². The summed E-state index contributed by atoms with van der Waals surface area (Å²) in [4.78, 5) is 16.0. The Hall–Kier alpha value is -3.53. The van der Waals surface area contributed by atoms with E-state index in [0.717, 1.165) is 11.3 Å². The number of carbonyl (C=O) groups excluding carboxylic acids is 1. The van der Waals surface area contributed by atoms with E-state index >= 15 is 0 Å². The molecule has 132 valence electrons. The zero-order valence-electron chi connectivity index (χ0n) is 14.4. The van der Waals surface area contributed by atoms with Gasteiger partial charge in [0.05, 0.1) is 19.2 Å². The number of aromatic hydroxyl groups is 1. The van der Waals surface area contributed by atoms with Crippen LogP contribution in [0.2, 0.25) is 0 Å². The van der Waals surface area contributed by atoms with Crippen molar-refractivity contribution in [3.05, 3.63) is 53.5 Å². The summed E-state index contributed by atoms with van der Waals surface area (Å²) in [6, 6.07) is 11.2. The molecular formula is C19H17N3O4. The molecule has 7 nitrogen and oxygen atoms in total. The molecule has 0 radical (unpaired) electrons. The maximum Gasteiger partial charge on any atom is 0.360 e. The second kappa shape index (κ2) is 7.15. The molecule has 7 heteroatoms. The van der Waals surface area contributed by atoms with Gasteiger partial charge in [0.2, 0.25) is 0 Å². The van der Waals surface area contributed by atoms with Crippen LogP contribution in [0.3, 0.4) is 0 Å². The Morgan fingerprint density at radius 2 is 2.19 bits per heavy atom. The fourth-order valence-electron chi connectivity index (χ4n) is 2.79. The molecule has 0 saturated heterocycles. The van der Waals surface area contributed by atoms with Gasteiger partial charge in [-0.1, -0.05) is 12.1 Å². The summed E-state index contributed by atoms with van der Waals surface area (Å²) in [5.41, 5.74) is 1.21. The Kier molecular flexibility index (Phi) is 4.76. The first-order valence-electron chi connectivity index (χ1n) is 8.01. The van der Waals surface area contributed by atoms with Gasteiger partial charge < -0.3 is 19.1 Å². The average molecular weight is 351 g/mol. The molecule has 0 spiro atoms. The number of nitriles is 1.